The second-order valence-corrected chi connectivity index (χ2v) is 19.5. The van der Waals surface area contributed by atoms with Crippen LogP contribution in [-0.2, 0) is 19.1 Å². The van der Waals surface area contributed by atoms with Crippen molar-refractivity contribution in [3.05, 3.63) is 71.6 Å². The number of imidazole rings is 2. The second kappa shape index (κ2) is 18.7. The molecule has 3 saturated carbocycles. The first-order valence-electron chi connectivity index (χ1n) is 24.5. The Bertz CT molecular complexity index is 2380. The zero-order valence-electron chi connectivity index (χ0n) is 37.9. The van der Waals surface area contributed by atoms with Gasteiger partial charge in [-0.1, -0.05) is 74.9 Å². The number of benzene rings is 2. The molecule has 2 aromatic heterocycles. The van der Waals surface area contributed by atoms with Gasteiger partial charge >= 0.3 is 12.2 Å². The van der Waals surface area contributed by atoms with Crippen LogP contribution in [0.5, 0.6) is 0 Å². The topological polar surface area (TPSA) is 175 Å². The predicted molar refractivity (Wildman–Crippen MR) is 246 cm³/mol. The lowest BCUT2D eigenvalue weighted by molar-refractivity contribution is -0.136. The molecular weight excluding hydrogens is 821 g/mol. The smallest absolute Gasteiger partial charge is 0.407 e. The lowest BCUT2D eigenvalue weighted by atomic mass is 9.82. The molecule has 4 amide bonds. The highest BCUT2D eigenvalue weighted by Crippen LogP contribution is 2.58. The van der Waals surface area contributed by atoms with Crippen LogP contribution < -0.4 is 10.6 Å². The number of aromatic nitrogens is 4. The summed E-state index contributed by atoms with van der Waals surface area (Å²) in [4.78, 5) is 74.0. The zero-order valence-corrected chi connectivity index (χ0v) is 37.9. The van der Waals surface area contributed by atoms with Crippen LogP contribution >= 0.6 is 0 Å². The Labute approximate surface area is 381 Å². The fraction of sp³-hybridized carbons (Fsp3) is 0.569. The lowest BCUT2D eigenvalue weighted by Gasteiger charge is -2.34. The van der Waals surface area contributed by atoms with Crippen LogP contribution in [0.15, 0.2) is 48.8 Å². The maximum absolute atomic E-state index is 14.2. The fourth-order valence-electron chi connectivity index (χ4n) is 12.7. The average Bonchev–Trinajstić information content (AvgIpc) is 4.22. The summed E-state index contributed by atoms with van der Waals surface area (Å²) < 4.78 is 9.89. The molecule has 14 heteroatoms. The van der Waals surface area contributed by atoms with E-state index in [1.165, 1.54) is 54.9 Å². The minimum Gasteiger partial charge on any atom is -0.453 e. The summed E-state index contributed by atoms with van der Waals surface area (Å²) in [6.45, 7) is 1.27. The van der Waals surface area contributed by atoms with E-state index in [-0.39, 0.29) is 35.7 Å². The highest BCUT2D eigenvalue weighted by molar-refractivity contribution is 5.87. The summed E-state index contributed by atoms with van der Waals surface area (Å²) in [5.41, 5.74) is 9.46. The van der Waals surface area contributed by atoms with Gasteiger partial charge in [0.05, 0.1) is 50.1 Å². The minimum absolute atomic E-state index is 0.0363. The van der Waals surface area contributed by atoms with Crippen molar-refractivity contribution in [3.8, 4) is 33.6 Å². The van der Waals surface area contributed by atoms with Crippen molar-refractivity contribution >= 4 is 24.0 Å². The normalized spacial score (nSPS) is 24.2. The van der Waals surface area contributed by atoms with E-state index in [9.17, 15) is 19.2 Å². The summed E-state index contributed by atoms with van der Waals surface area (Å²) in [6.07, 6.45) is 19.9. The summed E-state index contributed by atoms with van der Waals surface area (Å²) in [6, 6.07) is 11.7. The number of fused-ring (bicyclic) bond motifs is 5. The maximum Gasteiger partial charge on any atom is 0.407 e. The summed E-state index contributed by atoms with van der Waals surface area (Å²) in [7, 11) is 2.69. The highest BCUT2D eigenvalue weighted by atomic mass is 16.5. The Balaban J connectivity index is 0.864. The van der Waals surface area contributed by atoms with Gasteiger partial charge in [0.2, 0.25) is 11.8 Å². The standard InChI is InChI=1S/C51H64N8O6/c1-64-50(62)56-44(32-11-5-3-6-12-32)48(60)58-25-9-15-40(58)46-52-28-38(54-46)31-19-17-30(18-20-31)36-23-24-37(43-35-22-21-34(27-35)42(36)43)39-29-53-47(55-39)41-16-10-26-59(41)49(61)45(57-51(63)65-2)33-13-7-4-8-14-33/h17-20,23-24,28-29,32-35,40-41,44-45H,3-16,21-22,25-27H2,1-2H3,(H,52,54)(H,53,55)(H,56,62)(H,57,63)/t34?,35?,40-,41+,44+,45+/m1/s1. The monoisotopic (exact) mass is 884 g/mol. The maximum atomic E-state index is 14.2. The number of hydrogen-bond donors (Lipinski definition) is 4. The van der Waals surface area contributed by atoms with Crippen molar-refractivity contribution in [1.82, 2.24) is 40.4 Å². The van der Waals surface area contributed by atoms with Gasteiger partial charge in [-0.05, 0) is 122 Å². The van der Waals surface area contributed by atoms with Crippen LogP contribution in [0.2, 0.25) is 0 Å². The van der Waals surface area contributed by atoms with E-state index in [0.717, 1.165) is 125 Å². The zero-order chi connectivity index (χ0) is 44.6. The molecular formula is C51H64N8O6. The molecule has 6 atom stereocenters. The van der Waals surface area contributed by atoms with E-state index in [2.05, 4.69) is 57.0 Å². The summed E-state index contributed by atoms with van der Waals surface area (Å²) in [5.74, 6) is 2.71. The number of nitrogens with zero attached hydrogens (tertiary/aromatic N) is 4. The number of carbonyl (C=O) groups excluding carboxylic acids is 4. The van der Waals surface area contributed by atoms with Crippen molar-refractivity contribution in [1.29, 1.82) is 0 Å². The first kappa shape index (κ1) is 43.2. The molecule has 4 heterocycles. The van der Waals surface area contributed by atoms with E-state index in [4.69, 9.17) is 19.4 Å². The van der Waals surface area contributed by atoms with Crippen molar-refractivity contribution < 1.29 is 28.7 Å². The second-order valence-electron chi connectivity index (χ2n) is 19.5. The molecule has 2 aliphatic heterocycles. The van der Waals surface area contributed by atoms with Crippen LogP contribution in [0.4, 0.5) is 9.59 Å². The molecule has 4 N–H and O–H groups in total. The third-order valence-corrected chi connectivity index (χ3v) is 15.9. The van der Waals surface area contributed by atoms with Crippen LogP contribution in [0.1, 0.15) is 156 Å². The molecule has 344 valence electrons. The van der Waals surface area contributed by atoms with Crippen LogP contribution in [-0.4, -0.2) is 93.1 Å². The van der Waals surface area contributed by atoms with Gasteiger partial charge in [0.25, 0.3) is 0 Å². The number of methoxy groups -OCH3 is 2. The molecule has 0 spiro atoms. The molecule has 2 aromatic carbocycles. The molecule has 4 aliphatic carbocycles. The van der Waals surface area contributed by atoms with Gasteiger partial charge in [-0.3, -0.25) is 9.59 Å². The van der Waals surface area contributed by atoms with E-state index in [0.29, 0.717) is 24.9 Å². The molecule has 10 rings (SSSR count). The number of likely N-dealkylation sites (tertiary alicyclic amines) is 2. The number of hydrogen-bond acceptors (Lipinski definition) is 8. The van der Waals surface area contributed by atoms with Gasteiger partial charge in [-0.25, -0.2) is 19.6 Å². The summed E-state index contributed by atoms with van der Waals surface area (Å²) in [5, 5.41) is 5.80. The van der Waals surface area contributed by atoms with Crippen molar-refractivity contribution in [2.75, 3.05) is 27.3 Å². The van der Waals surface area contributed by atoms with Crippen molar-refractivity contribution in [2.45, 2.75) is 145 Å². The van der Waals surface area contributed by atoms with Gasteiger partial charge in [0, 0.05) is 18.7 Å². The Morgan fingerprint density at radius 1 is 0.569 bits per heavy atom. The third-order valence-electron chi connectivity index (χ3n) is 15.9. The van der Waals surface area contributed by atoms with Crippen LogP contribution in [0.3, 0.4) is 0 Å². The van der Waals surface area contributed by atoms with E-state index in [1.807, 2.05) is 22.2 Å². The number of ether oxygens (including phenoxy) is 2. The van der Waals surface area contributed by atoms with Gasteiger partial charge in [0.1, 0.15) is 23.7 Å². The Morgan fingerprint density at radius 2 is 1.03 bits per heavy atom. The number of H-pyrrole nitrogens is 2. The van der Waals surface area contributed by atoms with E-state index in [1.54, 1.807) is 0 Å². The van der Waals surface area contributed by atoms with Gasteiger partial charge in [-0.15, -0.1) is 0 Å². The SMILES string of the molecule is COC(=O)N[C@H](C(=O)N1CCC[C@@H]1c1ncc(-c2ccc(-c3ccc(-c4cnc([C@@H]5CCCN5C(=O)[C@@H](NC(=O)OC)C5CCCCC5)[nH]4)c4c3C3CCC4C3)cc2)[nH]1)C1CCCCC1. The number of alkyl carbamates (subject to hydrolysis) is 2. The lowest BCUT2D eigenvalue weighted by Crippen LogP contribution is -2.52. The van der Waals surface area contributed by atoms with Gasteiger partial charge in [-0.2, -0.15) is 0 Å². The molecule has 2 bridgehead atoms. The first-order valence-corrected chi connectivity index (χ1v) is 24.5. The minimum atomic E-state index is -0.601. The van der Waals surface area contributed by atoms with Crippen molar-refractivity contribution in [2.24, 2.45) is 11.8 Å². The average molecular weight is 885 g/mol. The Hall–Kier alpha value is -5.66. The predicted octanol–water partition coefficient (Wildman–Crippen LogP) is 9.44. The molecule has 2 saturated heterocycles. The van der Waals surface area contributed by atoms with Crippen molar-refractivity contribution in [3.63, 3.8) is 0 Å². The van der Waals surface area contributed by atoms with E-state index >= 15 is 0 Å². The number of rotatable bonds is 11. The number of aromatic amines is 2. The molecule has 14 nitrogen and oxygen atoms in total. The Morgan fingerprint density at radius 3 is 1.55 bits per heavy atom. The van der Waals surface area contributed by atoms with Crippen LogP contribution in [0.25, 0.3) is 33.6 Å². The molecule has 6 aliphatic rings. The Kier molecular flexibility index (Phi) is 12.4. The highest BCUT2D eigenvalue weighted by Gasteiger charge is 2.43. The van der Waals surface area contributed by atoms with Gasteiger partial charge in [0.15, 0.2) is 0 Å². The van der Waals surface area contributed by atoms with Gasteiger partial charge < -0.3 is 39.9 Å². The molecule has 2 unspecified atom stereocenters. The number of amides is 4. The fourth-order valence-corrected chi connectivity index (χ4v) is 12.7. The van der Waals surface area contributed by atoms with E-state index < -0.39 is 24.3 Å². The first-order chi connectivity index (χ1) is 31.8. The van der Waals surface area contributed by atoms with Crippen LogP contribution in [0, 0.1) is 11.8 Å². The molecule has 65 heavy (non-hydrogen) atoms. The quantitative estimate of drug-likeness (QED) is 0.115. The molecule has 5 fully saturated rings. The third kappa shape index (κ3) is 8.42. The molecule has 4 aromatic rings. The summed E-state index contributed by atoms with van der Waals surface area (Å²) >= 11 is 0. The number of nitrogens with one attached hydrogen (secondary N) is 4. The number of carbonyl (C=O) groups is 4. The molecule has 0 radical (unpaired) electrons. The largest absolute Gasteiger partial charge is 0.453 e.